The second-order valence-electron chi connectivity index (χ2n) is 3.79. The van der Waals surface area contributed by atoms with Gasteiger partial charge in [-0.2, -0.15) is 5.48 Å². The van der Waals surface area contributed by atoms with Gasteiger partial charge in [0.25, 0.3) is 11.6 Å². The summed E-state index contributed by atoms with van der Waals surface area (Å²) in [6.45, 7) is -0.166. The van der Waals surface area contributed by atoms with Crippen molar-refractivity contribution in [2.45, 2.75) is 19.4 Å². The lowest BCUT2D eigenvalue weighted by Crippen LogP contribution is -2.27. The third-order valence-electron chi connectivity index (χ3n) is 2.24. The van der Waals surface area contributed by atoms with Gasteiger partial charge < -0.3 is 14.4 Å². The minimum Gasteiger partial charge on any atom is -0.428 e. The second-order valence-corrected chi connectivity index (χ2v) is 3.79. The number of carbonyl (C=O) groups excluding carboxylic acids is 3. The quantitative estimate of drug-likeness (QED) is 0.362. The fraction of sp³-hybridized carbons (Fsp3) is 0.250. The molecule has 0 unspecified atom stereocenters. The number of non-ortho nitro benzene ring substituents is 1. The number of nitrogens with one attached hydrogen (secondary N) is 1. The number of nitro groups is 1. The molecule has 9 heteroatoms. The van der Waals surface area contributed by atoms with E-state index < -0.39 is 17.0 Å². The number of nitrogens with zero attached hydrogens (tertiary/aromatic N) is 1. The summed E-state index contributed by atoms with van der Waals surface area (Å²) in [7, 11) is 0. The van der Waals surface area contributed by atoms with Crippen LogP contribution in [-0.4, -0.2) is 23.3 Å². The third-order valence-corrected chi connectivity index (χ3v) is 2.24. The highest BCUT2D eigenvalue weighted by molar-refractivity contribution is 5.78. The van der Waals surface area contributed by atoms with E-state index >= 15 is 0 Å². The highest BCUT2D eigenvalue weighted by Crippen LogP contribution is 2.12. The molecule has 0 saturated carbocycles. The van der Waals surface area contributed by atoms with E-state index in [2.05, 4.69) is 9.57 Å². The van der Waals surface area contributed by atoms with Crippen LogP contribution in [-0.2, 0) is 25.8 Å². The molecular formula is C12H12N2O7. The minimum atomic E-state index is -1.13. The molecule has 1 amide bonds. The molecule has 0 heterocycles. The van der Waals surface area contributed by atoms with Crippen molar-refractivity contribution in [2.75, 3.05) is 0 Å². The van der Waals surface area contributed by atoms with E-state index in [-0.39, 0.29) is 25.1 Å². The Morgan fingerprint density at radius 3 is 2.52 bits per heavy atom. The van der Waals surface area contributed by atoms with Crippen molar-refractivity contribution in [1.29, 1.82) is 0 Å². The topological polar surface area (TPSA) is 125 Å². The molecule has 112 valence electrons. The number of carbonyl (C=O) groups is 3. The SMILES string of the molecule is O=CCCC(=O)NOC(=O)OCc1ccc([N+](=O)[O-])cc1. The van der Waals surface area contributed by atoms with E-state index in [1.165, 1.54) is 24.3 Å². The molecule has 0 aromatic heterocycles. The maximum absolute atomic E-state index is 11.1. The molecule has 1 rings (SSSR count). The Hall–Kier alpha value is -2.97. The Kier molecular flexibility index (Phi) is 6.32. The molecule has 0 bridgehead atoms. The maximum Gasteiger partial charge on any atom is 0.533 e. The van der Waals surface area contributed by atoms with Crippen LogP contribution < -0.4 is 5.48 Å². The van der Waals surface area contributed by atoms with Crippen molar-refractivity contribution < 1.29 is 28.9 Å². The van der Waals surface area contributed by atoms with Crippen molar-refractivity contribution in [2.24, 2.45) is 0 Å². The lowest BCUT2D eigenvalue weighted by molar-refractivity contribution is -0.384. The van der Waals surface area contributed by atoms with Gasteiger partial charge in [-0.05, 0) is 17.7 Å². The Bertz CT molecular complexity index is 527. The van der Waals surface area contributed by atoms with Crippen molar-refractivity contribution in [3.8, 4) is 0 Å². The highest BCUT2D eigenvalue weighted by Gasteiger charge is 2.09. The van der Waals surface area contributed by atoms with Gasteiger partial charge in [0.15, 0.2) is 0 Å². The number of hydrogen-bond donors (Lipinski definition) is 1. The number of hydrogen-bond acceptors (Lipinski definition) is 7. The van der Waals surface area contributed by atoms with E-state index in [1.54, 1.807) is 0 Å². The molecule has 0 aliphatic carbocycles. The molecule has 0 spiro atoms. The molecule has 1 aromatic rings. The van der Waals surface area contributed by atoms with Gasteiger partial charge in [-0.15, -0.1) is 0 Å². The number of nitro benzene ring substituents is 1. The number of aldehydes is 1. The molecular weight excluding hydrogens is 284 g/mol. The summed E-state index contributed by atoms with van der Waals surface area (Å²) in [5.74, 6) is -0.630. The van der Waals surface area contributed by atoms with E-state index in [1.807, 2.05) is 5.48 Å². The standard InChI is InChI=1S/C12H12N2O7/c15-7-1-2-11(16)13-21-12(17)20-8-9-3-5-10(6-4-9)14(18)19/h3-7H,1-2,8H2,(H,13,16). The van der Waals surface area contributed by atoms with Crippen LogP contribution in [0.4, 0.5) is 10.5 Å². The predicted molar refractivity (Wildman–Crippen MR) is 67.8 cm³/mol. The summed E-state index contributed by atoms with van der Waals surface area (Å²) in [6.07, 6.45) is -0.647. The zero-order valence-corrected chi connectivity index (χ0v) is 10.8. The Balaban J connectivity index is 2.31. The van der Waals surface area contributed by atoms with Crippen molar-refractivity contribution >= 4 is 24.0 Å². The smallest absolute Gasteiger partial charge is 0.428 e. The third kappa shape index (κ3) is 6.14. The molecule has 9 nitrogen and oxygen atoms in total. The van der Waals surface area contributed by atoms with Crippen LogP contribution in [0.2, 0.25) is 0 Å². The first-order valence-corrected chi connectivity index (χ1v) is 5.82. The fourth-order valence-corrected chi connectivity index (χ4v) is 1.23. The molecule has 0 atom stereocenters. The van der Waals surface area contributed by atoms with Crippen LogP contribution in [0.15, 0.2) is 24.3 Å². The Morgan fingerprint density at radius 1 is 1.29 bits per heavy atom. The maximum atomic E-state index is 11.1. The number of benzene rings is 1. The number of hydroxylamine groups is 1. The monoisotopic (exact) mass is 296 g/mol. The first-order valence-electron chi connectivity index (χ1n) is 5.82. The van der Waals surface area contributed by atoms with Gasteiger partial charge in [-0.1, -0.05) is 0 Å². The summed E-state index contributed by atoms with van der Waals surface area (Å²) < 4.78 is 4.67. The summed E-state index contributed by atoms with van der Waals surface area (Å²) in [5.41, 5.74) is 2.25. The average Bonchev–Trinajstić information content (AvgIpc) is 2.49. The Morgan fingerprint density at radius 2 is 1.95 bits per heavy atom. The van der Waals surface area contributed by atoms with E-state index in [0.29, 0.717) is 11.8 Å². The summed E-state index contributed by atoms with van der Waals surface area (Å²) in [5, 5.41) is 10.4. The van der Waals surface area contributed by atoms with Crippen LogP contribution in [0.5, 0.6) is 0 Å². The summed E-state index contributed by atoms with van der Waals surface area (Å²) in [6, 6.07) is 5.39. The van der Waals surface area contributed by atoms with Crippen LogP contribution in [0, 0.1) is 10.1 Å². The molecule has 1 aromatic carbocycles. The van der Waals surface area contributed by atoms with Gasteiger partial charge in [-0.25, -0.2) is 4.79 Å². The zero-order chi connectivity index (χ0) is 15.7. The first kappa shape index (κ1) is 16.1. The van der Waals surface area contributed by atoms with Gasteiger partial charge in [0.05, 0.1) is 4.92 Å². The lowest BCUT2D eigenvalue weighted by atomic mass is 10.2. The average molecular weight is 296 g/mol. The van der Waals surface area contributed by atoms with Gasteiger partial charge in [0.1, 0.15) is 12.9 Å². The first-order chi connectivity index (χ1) is 10.0. The molecule has 0 aliphatic rings. The van der Waals surface area contributed by atoms with E-state index in [0.717, 1.165) is 0 Å². The molecule has 0 fully saturated rings. The predicted octanol–water partition coefficient (Wildman–Crippen LogP) is 1.26. The van der Waals surface area contributed by atoms with Gasteiger partial charge in [-0.3, -0.25) is 14.9 Å². The number of ether oxygens (including phenoxy) is 1. The largest absolute Gasteiger partial charge is 0.533 e. The number of rotatable bonds is 6. The molecule has 0 radical (unpaired) electrons. The molecule has 0 saturated heterocycles. The minimum absolute atomic E-state index is 0.0209. The Labute approximate surface area is 118 Å². The molecule has 21 heavy (non-hydrogen) atoms. The van der Waals surface area contributed by atoms with Crippen molar-refractivity contribution in [1.82, 2.24) is 5.48 Å². The highest BCUT2D eigenvalue weighted by atomic mass is 16.8. The van der Waals surface area contributed by atoms with E-state index in [4.69, 9.17) is 0 Å². The van der Waals surface area contributed by atoms with Crippen molar-refractivity contribution in [3.63, 3.8) is 0 Å². The summed E-state index contributed by atoms with van der Waals surface area (Å²) >= 11 is 0. The summed E-state index contributed by atoms with van der Waals surface area (Å²) in [4.78, 5) is 46.4. The fourth-order valence-electron chi connectivity index (χ4n) is 1.23. The normalized spacial score (nSPS) is 9.52. The van der Waals surface area contributed by atoms with Gasteiger partial charge >= 0.3 is 6.16 Å². The van der Waals surface area contributed by atoms with Gasteiger partial charge in [0.2, 0.25) is 0 Å². The van der Waals surface area contributed by atoms with Crippen LogP contribution in [0.1, 0.15) is 18.4 Å². The van der Waals surface area contributed by atoms with Crippen LogP contribution in [0.25, 0.3) is 0 Å². The van der Waals surface area contributed by atoms with Gasteiger partial charge in [0, 0.05) is 25.0 Å². The van der Waals surface area contributed by atoms with Crippen LogP contribution in [0.3, 0.4) is 0 Å². The van der Waals surface area contributed by atoms with Crippen LogP contribution >= 0.6 is 0 Å². The number of amides is 1. The zero-order valence-electron chi connectivity index (χ0n) is 10.8. The molecule has 0 aliphatic heterocycles. The lowest BCUT2D eigenvalue weighted by Gasteiger charge is -2.06. The van der Waals surface area contributed by atoms with E-state index in [9.17, 15) is 24.5 Å². The molecule has 1 N–H and O–H groups in total. The second kappa shape index (κ2) is 8.25. The van der Waals surface area contributed by atoms with Crippen molar-refractivity contribution in [3.05, 3.63) is 39.9 Å².